The Labute approximate surface area is 125 Å². The normalized spacial score (nSPS) is 10.3. The molecule has 0 radical (unpaired) electrons. The summed E-state index contributed by atoms with van der Waals surface area (Å²) in [6.45, 7) is 2.06. The van der Waals surface area contributed by atoms with Gasteiger partial charge in [0, 0.05) is 11.2 Å². The number of aromatic carboxylic acids is 1. The predicted molar refractivity (Wildman–Crippen MR) is 77.5 cm³/mol. The van der Waals surface area contributed by atoms with Crippen LogP contribution in [-0.4, -0.2) is 21.0 Å². The summed E-state index contributed by atoms with van der Waals surface area (Å²) >= 11 is 12.1. The molecule has 0 amide bonds. The van der Waals surface area contributed by atoms with Crippen LogP contribution in [0.1, 0.15) is 21.6 Å². The van der Waals surface area contributed by atoms with Crippen molar-refractivity contribution < 1.29 is 9.90 Å². The van der Waals surface area contributed by atoms with E-state index >= 15 is 0 Å². The van der Waals surface area contributed by atoms with Crippen LogP contribution < -0.4 is 5.32 Å². The minimum absolute atomic E-state index is 0.0503. The third-order valence-electron chi connectivity index (χ3n) is 2.72. The minimum Gasteiger partial charge on any atom is -0.478 e. The molecule has 2 N–H and O–H groups in total. The number of carboxylic acids is 1. The molecular formula is C13H11Cl2N3O2. The second-order valence-electron chi connectivity index (χ2n) is 4.12. The minimum atomic E-state index is -1.07. The molecule has 1 aromatic carbocycles. The standard InChI is InChI=1S/C13H11Cl2N3O2/c1-7-2-10(15)11(3-9(7)14)17-5-12-8(13(19)20)4-16-6-18-12/h2-4,6,17H,5H2,1H3,(H,19,20). The van der Waals surface area contributed by atoms with Crippen molar-refractivity contribution in [2.45, 2.75) is 13.5 Å². The van der Waals surface area contributed by atoms with E-state index in [1.54, 1.807) is 12.1 Å². The van der Waals surface area contributed by atoms with Gasteiger partial charge < -0.3 is 10.4 Å². The van der Waals surface area contributed by atoms with Crippen LogP contribution in [0.4, 0.5) is 5.69 Å². The number of nitrogens with one attached hydrogen (secondary N) is 1. The number of hydrogen-bond donors (Lipinski definition) is 2. The lowest BCUT2D eigenvalue weighted by molar-refractivity contribution is 0.0694. The summed E-state index contributed by atoms with van der Waals surface area (Å²) in [6, 6.07) is 3.44. The Hall–Kier alpha value is -1.85. The number of carbonyl (C=O) groups is 1. The molecule has 0 atom stereocenters. The van der Waals surface area contributed by atoms with Crippen molar-refractivity contribution in [2.75, 3.05) is 5.32 Å². The van der Waals surface area contributed by atoms with Gasteiger partial charge >= 0.3 is 5.97 Å². The van der Waals surface area contributed by atoms with Gasteiger partial charge in [-0.15, -0.1) is 0 Å². The van der Waals surface area contributed by atoms with Crippen molar-refractivity contribution in [3.05, 3.63) is 51.5 Å². The van der Waals surface area contributed by atoms with Crippen LogP contribution in [0.2, 0.25) is 10.0 Å². The second-order valence-corrected chi connectivity index (χ2v) is 4.94. The van der Waals surface area contributed by atoms with E-state index in [2.05, 4.69) is 15.3 Å². The average molecular weight is 312 g/mol. The number of carboxylic acid groups (broad SMARTS) is 1. The van der Waals surface area contributed by atoms with Crippen molar-refractivity contribution in [3.8, 4) is 0 Å². The summed E-state index contributed by atoms with van der Waals surface area (Å²) in [7, 11) is 0. The zero-order chi connectivity index (χ0) is 14.7. The lowest BCUT2D eigenvalue weighted by Crippen LogP contribution is -2.10. The van der Waals surface area contributed by atoms with Gasteiger partial charge in [0.1, 0.15) is 11.9 Å². The maximum absolute atomic E-state index is 11.0. The van der Waals surface area contributed by atoms with Crippen molar-refractivity contribution in [1.29, 1.82) is 0 Å². The Bertz CT molecular complexity index is 662. The van der Waals surface area contributed by atoms with Crippen LogP contribution in [0.25, 0.3) is 0 Å². The predicted octanol–water partition coefficient (Wildman–Crippen LogP) is 3.40. The largest absolute Gasteiger partial charge is 0.478 e. The van der Waals surface area contributed by atoms with Crippen LogP contribution in [0.15, 0.2) is 24.7 Å². The van der Waals surface area contributed by atoms with E-state index in [1.165, 1.54) is 12.5 Å². The molecule has 0 unspecified atom stereocenters. The molecule has 20 heavy (non-hydrogen) atoms. The number of rotatable bonds is 4. The molecule has 0 aliphatic heterocycles. The monoisotopic (exact) mass is 311 g/mol. The topological polar surface area (TPSA) is 75.1 Å². The summed E-state index contributed by atoms with van der Waals surface area (Å²) in [5.41, 5.74) is 1.92. The van der Waals surface area contributed by atoms with E-state index in [-0.39, 0.29) is 12.1 Å². The first kappa shape index (κ1) is 14.6. The van der Waals surface area contributed by atoms with Crippen LogP contribution in [0, 0.1) is 6.92 Å². The first-order chi connectivity index (χ1) is 9.49. The van der Waals surface area contributed by atoms with Gasteiger partial charge in [-0.05, 0) is 24.6 Å². The third-order valence-corrected chi connectivity index (χ3v) is 3.44. The number of aryl methyl sites for hydroxylation is 1. The summed E-state index contributed by atoms with van der Waals surface area (Å²) in [6.07, 6.45) is 2.56. The molecule has 0 aliphatic rings. The molecule has 7 heteroatoms. The fraction of sp³-hybridized carbons (Fsp3) is 0.154. The molecule has 1 aromatic heterocycles. The lowest BCUT2D eigenvalue weighted by Gasteiger charge is -2.11. The van der Waals surface area contributed by atoms with Gasteiger partial charge in [-0.25, -0.2) is 14.8 Å². The fourth-order valence-corrected chi connectivity index (χ4v) is 2.08. The highest BCUT2D eigenvalue weighted by atomic mass is 35.5. The number of benzene rings is 1. The van der Waals surface area contributed by atoms with Gasteiger partial charge in [-0.1, -0.05) is 23.2 Å². The van der Waals surface area contributed by atoms with E-state index in [0.29, 0.717) is 21.4 Å². The summed E-state index contributed by atoms with van der Waals surface area (Å²) < 4.78 is 0. The highest BCUT2D eigenvalue weighted by Crippen LogP contribution is 2.29. The third kappa shape index (κ3) is 3.18. The maximum Gasteiger partial charge on any atom is 0.339 e. The van der Waals surface area contributed by atoms with Crippen molar-refractivity contribution in [1.82, 2.24) is 9.97 Å². The van der Waals surface area contributed by atoms with Gasteiger partial charge in [0.2, 0.25) is 0 Å². The van der Waals surface area contributed by atoms with Crippen LogP contribution in [0.5, 0.6) is 0 Å². The van der Waals surface area contributed by atoms with Crippen LogP contribution in [-0.2, 0) is 6.54 Å². The SMILES string of the molecule is Cc1cc(Cl)c(NCc2ncncc2C(=O)O)cc1Cl. The molecule has 5 nitrogen and oxygen atoms in total. The zero-order valence-electron chi connectivity index (χ0n) is 10.5. The number of anilines is 1. The number of aromatic nitrogens is 2. The summed E-state index contributed by atoms with van der Waals surface area (Å²) in [5, 5.41) is 13.2. The van der Waals surface area contributed by atoms with Gasteiger partial charge in [0.25, 0.3) is 0 Å². The zero-order valence-corrected chi connectivity index (χ0v) is 12.0. The second kappa shape index (κ2) is 6.07. The highest BCUT2D eigenvalue weighted by molar-refractivity contribution is 6.35. The quantitative estimate of drug-likeness (QED) is 0.905. The van der Waals surface area contributed by atoms with Gasteiger partial charge in [0.05, 0.1) is 22.9 Å². The van der Waals surface area contributed by atoms with Crippen LogP contribution in [0.3, 0.4) is 0 Å². The van der Waals surface area contributed by atoms with Crippen molar-refractivity contribution in [2.24, 2.45) is 0 Å². The Morgan fingerprint density at radius 3 is 2.80 bits per heavy atom. The Kier molecular flexibility index (Phi) is 4.42. The first-order valence-electron chi connectivity index (χ1n) is 5.70. The Morgan fingerprint density at radius 1 is 1.35 bits per heavy atom. The van der Waals surface area contributed by atoms with Gasteiger partial charge in [0.15, 0.2) is 0 Å². The van der Waals surface area contributed by atoms with E-state index < -0.39 is 5.97 Å². The van der Waals surface area contributed by atoms with Crippen LogP contribution >= 0.6 is 23.2 Å². The molecular weight excluding hydrogens is 301 g/mol. The molecule has 0 saturated heterocycles. The lowest BCUT2D eigenvalue weighted by atomic mass is 10.2. The van der Waals surface area contributed by atoms with E-state index in [9.17, 15) is 4.79 Å². The molecule has 0 fully saturated rings. The molecule has 2 rings (SSSR count). The smallest absolute Gasteiger partial charge is 0.339 e. The molecule has 1 heterocycles. The molecule has 0 aliphatic carbocycles. The summed E-state index contributed by atoms with van der Waals surface area (Å²) in [4.78, 5) is 18.7. The van der Waals surface area contributed by atoms with E-state index in [0.717, 1.165) is 5.56 Å². The van der Waals surface area contributed by atoms with E-state index in [4.69, 9.17) is 28.3 Å². The summed E-state index contributed by atoms with van der Waals surface area (Å²) in [5.74, 6) is -1.07. The number of hydrogen-bond acceptors (Lipinski definition) is 4. The fourth-order valence-electron chi connectivity index (χ4n) is 1.64. The number of halogens is 2. The Morgan fingerprint density at radius 2 is 2.10 bits per heavy atom. The first-order valence-corrected chi connectivity index (χ1v) is 6.46. The van der Waals surface area contributed by atoms with Crippen molar-refractivity contribution in [3.63, 3.8) is 0 Å². The van der Waals surface area contributed by atoms with Gasteiger partial charge in [-0.2, -0.15) is 0 Å². The maximum atomic E-state index is 11.0. The van der Waals surface area contributed by atoms with E-state index in [1.807, 2.05) is 6.92 Å². The number of nitrogens with zero attached hydrogens (tertiary/aromatic N) is 2. The average Bonchev–Trinajstić information content (AvgIpc) is 2.41. The van der Waals surface area contributed by atoms with Gasteiger partial charge in [-0.3, -0.25) is 0 Å². The Balaban J connectivity index is 2.21. The molecule has 0 spiro atoms. The molecule has 2 aromatic rings. The highest BCUT2D eigenvalue weighted by Gasteiger charge is 2.12. The van der Waals surface area contributed by atoms with Crippen molar-refractivity contribution >= 4 is 34.9 Å². The molecule has 104 valence electrons. The molecule has 0 bridgehead atoms. The molecule has 0 saturated carbocycles.